The van der Waals surface area contributed by atoms with E-state index in [-0.39, 0.29) is 5.78 Å². The molecule has 3 rings (SSSR count). The molecule has 2 aromatic rings. The van der Waals surface area contributed by atoms with Crippen LogP contribution in [-0.4, -0.2) is 20.0 Å². The molecule has 1 heterocycles. The maximum Gasteiger partial charge on any atom is 0.211 e. The van der Waals surface area contributed by atoms with Gasteiger partial charge in [-0.05, 0) is 35.9 Å². The highest BCUT2D eigenvalue weighted by molar-refractivity contribution is 6.20. The van der Waals surface area contributed by atoms with E-state index in [0.29, 0.717) is 22.8 Å². The molecule has 21 heavy (non-hydrogen) atoms. The van der Waals surface area contributed by atoms with Crippen molar-refractivity contribution < 1.29 is 14.3 Å². The molecule has 0 radical (unpaired) electrons. The fourth-order valence-electron chi connectivity index (χ4n) is 2.35. The normalized spacial score (nSPS) is 14.8. The molecule has 4 heteroatoms. The van der Waals surface area contributed by atoms with Gasteiger partial charge in [-0.3, -0.25) is 4.79 Å². The van der Waals surface area contributed by atoms with Crippen LogP contribution in [0.15, 0.2) is 48.2 Å². The summed E-state index contributed by atoms with van der Waals surface area (Å²) in [6.07, 6.45) is 1.81. The van der Waals surface area contributed by atoms with Gasteiger partial charge < -0.3 is 14.8 Å². The molecule has 0 spiro atoms. The Labute approximate surface area is 123 Å². The van der Waals surface area contributed by atoms with Crippen LogP contribution in [0.3, 0.4) is 0 Å². The standard InChI is InChI=1S/C17H15NO3/c1-20-15-8-7-11(10-16(15)21-2)9-14-17(19)12-5-3-4-6-13(12)18-14/h3-10,18H,1-2H3/b14-9+. The van der Waals surface area contributed by atoms with Crippen LogP contribution >= 0.6 is 0 Å². The molecule has 0 bridgehead atoms. The Hall–Kier alpha value is -2.75. The minimum absolute atomic E-state index is 0.000356. The molecule has 0 amide bonds. The SMILES string of the molecule is COc1ccc(/C=C2/Nc3ccccc3C2=O)cc1OC. The lowest BCUT2D eigenvalue weighted by Gasteiger charge is -2.08. The second-order valence-electron chi connectivity index (χ2n) is 4.67. The van der Waals surface area contributed by atoms with Crippen molar-refractivity contribution in [2.45, 2.75) is 0 Å². The van der Waals surface area contributed by atoms with E-state index in [4.69, 9.17) is 9.47 Å². The fraction of sp³-hybridized carbons (Fsp3) is 0.118. The van der Waals surface area contributed by atoms with Gasteiger partial charge in [0.1, 0.15) is 0 Å². The van der Waals surface area contributed by atoms with Gasteiger partial charge in [0.2, 0.25) is 5.78 Å². The zero-order chi connectivity index (χ0) is 14.8. The maximum absolute atomic E-state index is 12.3. The van der Waals surface area contributed by atoms with Crippen LogP contribution in [0.5, 0.6) is 11.5 Å². The number of anilines is 1. The number of ketones is 1. The molecule has 1 N–H and O–H groups in total. The van der Waals surface area contributed by atoms with Crippen molar-refractivity contribution in [3.05, 3.63) is 59.3 Å². The van der Waals surface area contributed by atoms with Crippen molar-refractivity contribution >= 4 is 17.5 Å². The number of para-hydroxylation sites is 1. The van der Waals surface area contributed by atoms with Gasteiger partial charge in [-0.1, -0.05) is 18.2 Å². The first kappa shape index (κ1) is 13.2. The van der Waals surface area contributed by atoms with E-state index in [0.717, 1.165) is 11.3 Å². The van der Waals surface area contributed by atoms with Gasteiger partial charge in [-0.2, -0.15) is 0 Å². The van der Waals surface area contributed by atoms with Gasteiger partial charge in [0.15, 0.2) is 11.5 Å². The first-order valence-electron chi connectivity index (χ1n) is 6.57. The molecule has 2 aromatic carbocycles. The van der Waals surface area contributed by atoms with Crippen molar-refractivity contribution in [2.75, 3.05) is 19.5 Å². The molecular formula is C17H15NO3. The van der Waals surface area contributed by atoms with Gasteiger partial charge in [0.25, 0.3) is 0 Å². The van der Waals surface area contributed by atoms with Gasteiger partial charge >= 0.3 is 0 Å². The summed E-state index contributed by atoms with van der Waals surface area (Å²) in [5.41, 5.74) is 2.97. The third-order valence-electron chi connectivity index (χ3n) is 3.40. The van der Waals surface area contributed by atoms with E-state index in [9.17, 15) is 4.79 Å². The minimum Gasteiger partial charge on any atom is -0.493 e. The quantitative estimate of drug-likeness (QED) is 0.876. The van der Waals surface area contributed by atoms with Crippen molar-refractivity contribution in [1.82, 2.24) is 0 Å². The topological polar surface area (TPSA) is 47.6 Å². The zero-order valence-corrected chi connectivity index (χ0v) is 11.8. The molecule has 0 aromatic heterocycles. The molecule has 0 aliphatic carbocycles. The summed E-state index contributed by atoms with van der Waals surface area (Å²) < 4.78 is 10.5. The van der Waals surface area contributed by atoms with E-state index in [1.807, 2.05) is 48.5 Å². The molecule has 0 fully saturated rings. The lowest BCUT2D eigenvalue weighted by atomic mass is 10.1. The third kappa shape index (κ3) is 2.36. The molecular weight excluding hydrogens is 266 g/mol. The highest BCUT2D eigenvalue weighted by Crippen LogP contribution is 2.31. The van der Waals surface area contributed by atoms with E-state index in [1.54, 1.807) is 14.2 Å². The van der Waals surface area contributed by atoms with E-state index in [2.05, 4.69) is 5.32 Å². The first-order valence-corrected chi connectivity index (χ1v) is 6.57. The Bertz CT molecular complexity index is 735. The molecule has 0 atom stereocenters. The van der Waals surface area contributed by atoms with Crippen LogP contribution in [0.1, 0.15) is 15.9 Å². The lowest BCUT2D eigenvalue weighted by Crippen LogP contribution is -2.00. The highest BCUT2D eigenvalue weighted by atomic mass is 16.5. The Morgan fingerprint density at radius 1 is 1.00 bits per heavy atom. The summed E-state index contributed by atoms with van der Waals surface area (Å²) in [6.45, 7) is 0. The van der Waals surface area contributed by atoms with Crippen LogP contribution in [0.4, 0.5) is 5.69 Å². The number of hydrogen-bond donors (Lipinski definition) is 1. The number of benzene rings is 2. The molecule has 4 nitrogen and oxygen atoms in total. The number of hydrogen-bond acceptors (Lipinski definition) is 4. The van der Waals surface area contributed by atoms with Gasteiger partial charge in [0.05, 0.1) is 19.9 Å². The van der Waals surface area contributed by atoms with Crippen LogP contribution in [-0.2, 0) is 0 Å². The molecule has 0 saturated heterocycles. The van der Waals surface area contributed by atoms with Crippen LogP contribution in [0, 0.1) is 0 Å². The minimum atomic E-state index is 0.000356. The number of allylic oxidation sites excluding steroid dienone is 1. The Balaban J connectivity index is 1.95. The first-order chi connectivity index (χ1) is 10.2. The van der Waals surface area contributed by atoms with Gasteiger partial charge in [-0.15, -0.1) is 0 Å². The monoisotopic (exact) mass is 281 g/mol. The predicted octanol–water partition coefficient (Wildman–Crippen LogP) is 3.35. The lowest BCUT2D eigenvalue weighted by molar-refractivity contribution is 0.104. The number of carbonyl (C=O) groups excluding carboxylic acids is 1. The second kappa shape index (κ2) is 5.32. The number of Topliss-reactive ketones (excluding diaryl/α,β-unsaturated/α-hetero) is 1. The van der Waals surface area contributed by atoms with Gasteiger partial charge in [0, 0.05) is 11.3 Å². The van der Waals surface area contributed by atoms with Crippen molar-refractivity contribution in [1.29, 1.82) is 0 Å². The van der Waals surface area contributed by atoms with E-state index in [1.165, 1.54) is 0 Å². The smallest absolute Gasteiger partial charge is 0.211 e. The number of carbonyl (C=O) groups is 1. The Morgan fingerprint density at radius 3 is 2.48 bits per heavy atom. The summed E-state index contributed by atoms with van der Waals surface area (Å²) in [5.74, 6) is 1.30. The Kier molecular flexibility index (Phi) is 3.36. The van der Waals surface area contributed by atoms with E-state index < -0.39 is 0 Å². The summed E-state index contributed by atoms with van der Waals surface area (Å²) in [6, 6.07) is 13.0. The van der Waals surface area contributed by atoms with Crippen LogP contribution < -0.4 is 14.8 Å². The number of fused-ring (bicyclic) bond motifs is 1. The fourth-order valence-corrected chi connectivity index (χ4v) is 2.35. The average molecular weight is 281 g/mol. The predicted molar refractivity (Wildman–Crippen MR) is 81.9 cm³/mol. The number of ether oxygens (including phenoxy) is 2. The molecule has 1 aliphatic rings. The molecule has 106 valence electrons. The maximum atomic E-state index is 12.3. The van der Waals surface area contributed by atoms with Gasteiger partial charge in [-0.25, -0.2) is 0 Å². The van der Waals surface area contributed by atoms with E-state index >= 15 is 0 Å². The van der Waals surface area contributed by atoms with Crippen molar-refractivity contribution in [3.63, 3.8) is 0 Å². The molecule has 0 unspecified atom stereocenters. The summed E-state index contributed by atoms with van der Waals surface area (Å²) >= 11 is 0. The third-order valence-corrected chi connectivity index (χ3v) is 3.40. The average Bonchev–Trinajstić information content (AvgIpc) is 2.84. The number of rotatable bonds is 3. The zero-order valence-electron chi connectivity index (χ0n) is 11.8. The largest absolute Gasteiger partial charge is 0.493 e. The number of methoxy groups -OCH3 is 2. The summed E-state index contributed by atoms with van der Waals surface area (Å²) in [7, 11) is 3.18. The van der Waals surface area contributed by atoms with Crippen LogP contribution in [0.2, 0.25) is 0 Å². The van der Waals surface area contributed by atoms with Crippen molar-refractivity contribution in [3.8, 4) is 11.5 Å². The molecule has 0 saturated carbocycles. The summed E-state index contributed by atoms with van der Waals surface area (Å²) in [4.78, 5) is 12.3. The second-order valence-corrected chi connectivity index (χ2v) is 4.67. The highest BCUT2D eigenvalue weighted by Gasteiger charge is 2.23. The summed E-state index contributed by atoms with van der Waals surface area (Å²) in [5, 5.41) is 3.14. The molecule has 1 aliphatic heterocycles. The van der Waals surface area contributed by atoms with Crippen LogP contribution in [0.25, 0.3) is 6.08 Å². The number of nitrogens with one attached hydrogen (secondary N) is 1. The van der Waals surface area contributed by atoms with Crippen molar-refractivity contribution in [2.24, 2.45) is 0 Å². The Morgan fingerprint density at radius 2 is 1.76 bits per heavy atom.